The molecule has 0 amide bonds. The molecule has 1 aromatic carbocycles. The third kappa shape index (κ3) is 5.00. The van der Waals surface area contributed by atoms with E-state index in [9.17, 15) is 19.2 Å². The van der Waals surface area contributed by atoms with E-state index in [4.69, 9.17) is 18.9 Å². The first kappa shape index (κ1) is 28.5. The van der Waals surface area contributed by atoms with Gasteiger partial charge in [0.15, 0.2) is 5.60 Å². The van der Waals surface area contributed by atoms with E-state index in [1.54, 1.807) is 6.92 Å². The quantitative estimate of drug-likeness (QED) is 0.301. The Balaban J connectivity index is 1.61. The lowest BCUT2D eigenvalue weighted by molar-refractivity contribution is -0.190. The van der Waals surface area contributed by atoms with E-state index in [2.05, 4.69) is 13.8 Å². The number of Topliss-reactive ketones (excluding diaryl/α,β-unsaturated/α-hetero) is 1. The van der Waals surface area contributed by atoms with Gasteiger partial charge < -0.3 is 18.9 Å². The molecular weight excluding hydrogens is 512 g/mol. The van der Waals surface area contributed by atoms with Crippen molar-refractivity contribution < 1.29 is 38.1 Å². The van der Waals surface area contributed by atoms with Crippen LogP contribution in [0.2, 0.25) is 0 Å². The van der Waals surface area contributed by atoms with E-state index in [1.165, 1.54) is 13.8 Å². The summed E-state index contributed by atoms with van der Waals surface area (Å²) < 4.78 is 24.2. The van der Waals surface area contributed by atoms with E-state index >= 15 is 0 Å². The Morgan fingerprint density at radius 1 is 1.05 bits per heavy atom. The van der Waals surface area contributed by atoms with E-state index in [0.717, 1.165) is 12.0 Å². The summed E-state index contributed by atoms with van der Waals surface area (Å²) in [5.41, 5.74) is -1.22. The van der Waals surface area contributed by atoms with Crippen LogP contribution in [-0.4, -0.2) is 53.7 Å². The van der Waals surface area contributed by atoms with Gasteiger partial charge in [0.1, 0.15) is 17.8 Å². The number of hydrogen-bond acceptors (Lipinski definition) is 8. The zero-order chi connectivity index (χ0) is 29.0. The Labute approximate surface area is 235 Å². The minimum absolute atomic E-state index is 0.0141. The molecule has 216 valence electrons. The summed E-state index contributed by atoms with van der Waals surface area (Å²) in [6.45, 7) is 11.0. The minimum Gasteiger partial charge on any atom is -0.461 e. The standard InChI is InChI=1S/C32H40O8/c1-18-14-24-23(30(24,5)6)12-13-31(17-37-31)29(38-20(3)33)26-27(39-25(35)15-22-10-8-7-9-11-22)19(2)16-32(26,28(18)36)40-21(4)34/h7-11,14,19,23-24,26-27,29H,12-13,15-17H2,1-6H3/t19-,23-,24-,26+,27-,29-,31-,32-/m1/s1. The monoisotopic (exact) mass is 552 g/mol. The molecule has 1 spiro atoms. The Hall–Kier alpha value is -3.00. The predicted octanol–water partition coefficient (Wildman–Crippen LogP) is 4.38. The number of carbonyl (C=O) groups is 4. The number of ketones is 1. The summed E-state index contributed by atoms with van der Waals surface area (Å²) in [4.78, 5) is 52.9. The van der Waals surface area contributed by atoms with Crippen molar-refractivity contribution in [3.8, 4) is 0 Å². The lowest BCUT2D eigenvalue weighted by Gasteiger charge is -2.41. The molecule has 8 nitrogen and oxygen atoms in total. The number of esters is 3. The second kappa shape index (κ2) is 10.1. The molecule has 0 bridgehead atoms. The molecule has 1 aliphatic heterocycles. The maximum atomic E-state index is 14.5. The van der Waals surface area contributed by atoms with Gasteiger partial charge in [-0.15, -0.1) is 0 Å². The molecule has 1 heterocycles. The second-order valence-corrected chi connectivity index (χ2v) is 12.9. The first-order valence-electron chi connectivity index (χ1n) is 14.3. The van der Waals surface area contributed by atoms with Gasteiger partial charge in [0.2, 0.25) is 5.78 Å². The van der Waals surface area contributed by atoms with E-state index in [1.807, 2.05) is 43.3 Å². The second-order valence-electron chi connectivity index (χ2n) is 12.9. The molecule has 0 radical (unpaired) electrons. The van der Waals surface area contributed by atoms with E-state index in [-0.39, 0.29) is 35.9 Å². The fourth-order valence-electron chi connectivity index (χ4n) is 7.55. The van der Waals surface area contributed by atoms with Crippen molar-refractivity contribution in [1.82, 2.24) is 0 Å². The van der Waals surface area contributed by atoms with Crippen LogP contribution in [0, 0.1) is 29.1 Å². The van der Waals surface area contributed by atoms with Crippen LogP contribution >= 0.6 is 0 Å². The van der Waals surface area contributed by atoms with Crippen molar-refractivity contribution in [2.45, 2.75) is 90.6 Å². The molecule has 3 aliphatic carbocycles. The molecule has 4 aliphatic rings. The molecule has 0 unspecified atom stereocenters. The number of carbonyl (C=O) groups excluding carboxylic acids is 4. The van der Waals surface area contributed by atoms with Gasteiger partial charge in [-0.3, -0.25) is 19.2 Å². The Bertz CT molecular complexity index is 1230. The van der Waals surface area contributed by atoms with Gasteiger partial charge in [-0.1, -0.05) is 57.2 Å². The van der Waals surface area contributed by atoms with Crippen LogP contribution in [0.3, 0.4) is 0 Å². The summed E-state index contributed by atoms with van der Waals surface area (Å²) in [5.74, 6) is -2.72. The number of ether oxygens (including phenoxy) is 4. The highest BCUT2D eigenvalue weighted by Crippen LogP contribution is 2.64. The van der Waals surface area contributed by atoms with E-state index < -0.39 is 47.2 Å². The molecule has 2 saturated carbocycles. The average molecular weight is 553 g/mol. The normalized spacial score (nSPS) is 37.8. The smallest absolute Gasteiger partial charge is 0.310 e. The lowest BCUT2D eigenvalue weighted by Crippen LogP contribution is -2.58. The summed E-state index contributed by atoms with van der Waals surface area (Å²) in [6, 6.07) is 9.25. The van der Waals surface area contributed by atoms with Crippen molar-refractivity contribution >= 4 is 23.7 Å². The van der Waals surface area contributed by atoms with Crippen molar-refractivity contribution in [2.24, 2.45) is 29.1 Å². The van der Waals surface area contributed by atoms with Gasteiger partial charge in [-0.05, 0) is 54.1 Å². The van der Waals surface area contributed by atoms with Gasteiger partial charge in [-0.25, -0.2) is 0 Å². The topological polar surface area (TPSA) is 108 Å². The Morgan fingerprint density at radius 2 is 1.73 bits per heavy atom. The van der Waals surface area contributed by atoms with Crippen LogP contribution in [0.5, 0.6) is 0 Å². The number of benzene rings is 1. The highest BCUT2D eigenvalue weighted by molar-refractivity contribution is 6.03. The summed E-state index contributed by atoms with van der Waals surface area (Å²) in [5, 5.41) is 0. The Morgan fingerprint density at radius 3 is 2.33 bits per heavy atom. The third-order valence-electron chi connectivity index (χ3n) is 9.71. The lowest BCUT2D eigenvalue weighted by atomic mass is 9.74. The summed E-state index contributed by atoms with van der Waals surface area (Å²) >= 11 is 0. The number of fused-ring (bicyclic) bond motifs is 2. The average Bonchev–Trinajstić information content (AvgIpc) is 3.73. The molecule has 0 N–H and O–H groups in total. The minimum atomic E-state index is -1.68. The molecule has 1 aromatic rings. The number of hydrogen-bond donors (Lipinski definition) is 0. The molecule has 8 atom stereocenters. The molecule has 3 fully saturated rings. The zero-order valence-electron chi connectivity index (χ0n) is 24.2. The van der Waals surface area contributed by atoms with Gasteiger partial charge in [0.05, 0.1) is 18.9 Å². The van der Waals surface area contributed by atoms with Crippen molar-refractivity contribution in [2.75, 3.05) is 6.61 Å². The summed E-state index contributed by atoms with van der Waals surface area (Å²) in [6.07, 6.45) is 1.85. The first-order valence-corrected chi connectivity index (χ1v) is 14.3. The van der Waals surface area contributed by atoms with Crippen LogP contribution in [0.1, 0.15) is 66.4 Å². The highest BCUT2D eigenvalue weighted by atomic mass is 16.6. The van der Waals surface area contributed by atoms with Gasteiger partial charge in [-0.2, -0.15) is 0 Å². The highest BCUT2D eigenvalue weighted by Gasteiger charge is 2.71. The number of rotatable bonds is 5. The van der Waals surface area contributed by atoms with Crippen LogP contribution in [0.25, 0.3) is 0 Å². The van der Waals surface area contributed by atoms with Gasteiger partial charge in [0.25, 0.3) is 0 Å². The van der Waals surface area contributed by atoms with Crippen molar-refractivity contribution in [3.63, 3.8) is 0 Å². The fraction of sp³-hybridized carbons (Fsp3) is 0.625. The third-order valence-corrected chi connectivity index (χ3v) is 9.71. The SMILES string of the molecule is CC(=O)O[C@@H]1[C@@H]2[C@H](OC(=O)Cc3ccccc3)[C@H](C)C[C@]2(OC(C)=O)C(=O)C(C)=C[C@@H]2[C@@H](CC[C@@]13CO3)C2(C)C. The predicted molar refractivity (Wildman–Crippen MR) is 145 cm³/mol. The maximum absolute atomic E-state index is 14.5. The van der Waals surface area contributed by atoms with Gasteiger partial charge in [0, 0.05) is 20.3 Å². The van der Waals surface area contributed by atoms with Crippen molar-refractivity contribution in [1.29, 1.82) is 0 Å². The van der Waals surface area contributed by atoms with Crippen LogP contribution in [-0.2, 0) is 44.5 Å². The first-order chi connectivity index (χ1) is 18.8. The zero-order valence-corrected chi connectivity index (χ0v) is 24.2. The van der Waals surface area contributed by atoms with Crippen LogP contribution in [0.15, 0.2) is 42.0 Å². The van der Waals surface area contributed by atoms with Gasteiger partial charge >= 0.3 is 17.9 Å². The molecule has 5 rings (SSSR count). The Kier molecular flexibility index (Phi) is 7.22. The van der Waals surface area contributed by atoms with Crippen LogP contribution in [0.4, 0.5) is 0 Å². The molecule has 0 aromatic heterocycles. The van der Waals surface area contributed by atoms with Crippen molar-refractivity contribution in [3.05, 3.63) is 47.5 Å². The number of epoxide rings is 1. The molecular formula is C32H40O8. The summed E-state index contributed by atoms with van der Waals surface area (Å²) in [7, 11) is 0. The van der Waals surface area contributed by atoms with E-state index in [0.29, 0.717) is 24.5 Å². The van der Waals surface area contributed by atoms with Crippen LogP contribution < -0.4 is 0 Å². The molecule has 8 heteroatoms. The molecule has 1 saturated heterocycles. The molecule has 40 heavy (non-hydrogen) atoms. The number of allylic oxidation sites excluding steroid dienone is 1. The maximum Gasteiger partial charge on any atom is 0.310 e. The fourth-order valence-corrected chi connectivity index (χ4v) is 7.55. The largest absolute Gasteiger partial charge is 0.461 e.